The van der Waals surface area contributed by atoms with E-state index in [1.54, 1.807) is 7.11 Å². The number of benzene rings is 2. The lowest BCUT2D eigenvalue weighted by Gasteiger charge is -2.37. The Labute approximate surface area is 135 Å². The molecule has 1 aliphatic carbocycles. The zero-order chi connectivity index (χ0) is 14.8. The summed E-state index contributed by atoms with van der Waals surface area (Å²) in [6.07, 6.45) is 2.16. The predicted octanol–water partition coefficient (Wildman–Crippen LogP) is 5.36. The Morgan fingerprint density at radius 1 is 1.05 bits per heavy atom. The van der Waals surface area contributed by atoms with E-state index in [1.807, 2.05) is 30.3 Å². The number of halogens is 2. The van der Waals surface area contributed by atoms with E-state index in [0.717, 1.165) is 24.3 Å². The Kier molecular flexibility index (Phi) is 4.27. The molecular weight excluding hydrogens is 305 g/mol. The van der Waals surface area contributed by atoms with Crippen LogP contribution in [-0.2, 0) is 0 Å². The fourth-order valence-corrected chi connectivity index (χ4v) is 3.25. The monoisotopic (exact) mass is 321 g/mol. The number of hydrogen-bond acceptors (Lipinski definition) is 2. The molecule has 0 bridgehead atoms. The second-order valence-corrected chi connectivity index (χ2v) is 6.20. The molecule has 0 spiro atoms. The van der Waals surface area contributed by atoms with Crippen molar-refractivity contribution in [2.24, 2.45) is 0 Å². The highest BCUT2D eigenvalue weighted by Crippen LogP contribution is 2.41. The molecule has 0 heterocycles. The summed E-state index contributed by atoms with van der Waals surface area (Å²) in [4.78, 5) is 0. The van der Waals surface area contributed by atoms with Crippen LogP contribution in [0.25, 0.3) is 0 Å². The van der Waals surface area contributed by atoms with Gasteiger partial charge in [0.25, 0.3) is 0 Å². The third kappa shape index (κ3) is 3.12. The van der Waals surface area contributed by atoms with Gasteiger partial charge < -0.3 is 10.1 Å². The quantitative estimate of drug-likeness (QED) is 0.818. The molecule has 21 heavy (non-hydrogen) atoms. The molecular formula is C17H17Cl2NO. The molecule has 0 aliphatic heterocycles. The molecule has 0 unspecified atom stereocenters. The summed E-state index contributed by atoms with van der Waals surface area (Å²) in [7, 11) is 1.70. The van der Waals surface area contributed by atoms with Crippen molar-refractivity contribution >= 4 is 28.9 Å². The Hall–Kier alpha value is -1.38. The van der Waals surface area contributed by atoms with E-state index >= 15 is 0 Å². The maximum absolute atomic E-state index is 6.18. The van der Waals surface area contributed by atoms with E-state index in [2.05, 4.69) is 17.4 Å². The lowest BCUT2D eigenvalue weighted by atomic mass is 9.76. The van der Waals surface area contributed by atoms with Gasteiger partial charge in [0.2, 0.25) is 0 Å². The molecule has 0 aromatic heterocycles. The molecule has 0 amide bonds. The number of rotatable bonds is 4. The van der Waals surface area contributed by atoms with Crippen molar-refractivity contribution in [3.8, 4) is 5.75 Å². The van der Waals surface area contributed by atoms with E-state index in [1.165, 1.54) is 5.56 Å². The van der Waals surface area contributed by atoms with Crippen LogP contribution in [0.15, 0.2) is 42.5 Å². The van der Waals surface area contributed by atoms with E-state index in [9.17, 15) is 0 Å². The predicted molar refractivity (Wildman–Crippen MR) is 88.8 cm³/mol. The number of hydrogen-bond donors (Lipinski definition) is 1. The summed E-state index contributed by atoms with van der Waals surface area (Å²) in [5.74, 6) is 1.48. The third-order valence-corrected chi connectivity index (χ3v) is 4.64. The van der Waals surface area contributed by atoms with E-state index in [-0.39, 0.29) is 0 Å². The van der Waals surface area contributed by atoms with E-state index in [0.29, 0.717) is 22.0 Å². The molecule has 1 N–H and O–H groups in total. The van der Waals surface area contributed by atoms with Crippen LogP contribution in [0, 0.1) is 0 Å². The standard InChI is InChI=1S/C17H17Cl2NO/c1-21-14-5-2-4-11(10-14)12-8-13(9-12)20-17-15(18)6-3-7-16(17)19/h2-7,10,12-13,20H,8-9H2,1H3. The van der Waals surface area contributed by atoms with Gasteiger partial charge in [0, 0.05) is 6.04 Å². The average molecular weight is 322 g/mol. The molecule has 1 aliphatic rings. The summed E-state index contributed by atoms with van der Waals surface area (Å²) >= 11 is 12.4. The summed E-state index contributed by atoms with van der Waals surface area (Å²) in [6, 6.07) is 14.3. The first-order valence-corrected chi connectivity index (χ1v) is 7.77. The summed E-state index contributed by atoms with van der Waals surface area (Å²) in [6.45, 7) is 0. The number of methoxy groups -OCH3 is 1. The van der Waals surface area contributed by atoms with E-state index in [4.69, 9.17) is 27.9 Å². The minimum absolute atomic E-state index is 0.415. The van der Waals surface area contributed by atoms with E-state index < -0.39 is 0 Å². The fraction of sp³-hybridized carbons (Fsp3) is 0.294. The first-order valence-electron chi connectivity index (χ1n) is 7.02. The van der Waals surface area contributed by atoms with Crippen molar-refractivity contribution in [2.75, 3.05) is 12.4 Å². The highest BCUT2D eigenvalue weighted by atomic mass is 35.5. The topological polar surface area (TPSA) is 21.3 Å². The zero-order valence-corrected chi connectivity index (χ0v) is 13.3. The van der Waals surface area contributed by atoms with Crippen LogP contribution in [0.1, 0.15) is 24.3 Å². The van der Waals surface area contributed by atoms with Gasteiger partial charge in [-0.3, -0.25) is 0 Å². The zero-order valence-electron chi connectivity index (χ0n) is 11.8. The normalized spacial score (nSPS) is 20.7. The molecule has 2 aromatic carbocycles. The smallest absolute Gasteiger partial charge is 0.119 e. The van der Waals surface area contributed by atoms with Crippen LogP contribution in [0.4, 0.5) is 5.69 Å². The van der Waals surface area contributed by atoms with Gasteiger partial charge in [-0.25, -0.2) is 0 Å². The van der Waals surface area contributed by atoms with Crippen molar-refractivity contribution in [1.82, 2.24) is 0 Å². The van der Waals surface area contributed by atoms with Crippen LogP contribution in [0.2, 0.25) is 10.0 Å². The molecule has 0 radical (unpaired) electrons. The largest absolute Gasteiger partial charge is 0.497 e. The number of nitrogens with one attached hydrogen (secondary N) is 1. The summed E-state index contributed by atoms with van der Waals surface area (Å²) < 4.78 is 5.28. The van der Waals surface area contributed by atoms with Gasteiger partial charge in [-0.15, -0.1) is 0 Å². The number of anilines is 1. The molecule has 0 saturated heterocycles. The molecule has 4 heteroatoms. The minimum Gasteiger partial charge on any atom is -0.497 e. The van der Waals surface area contributed by atoms with Gasteiger partial charge in [0.1, 0.15) is 5.75 Å². The number of ether oxygens (including phenoxy) is 1. The molecule has 2 aromatic rings. The lowest BCUT2D eigenvalue weighted by molar-refractivity contribution is 0.370. The number of para-hydroxylation sites is 1. The second kappa shape index (κ2) is 6.17. The van der Waals surface area contributed by atoms with Gasteiger partial charge in [-0.05, 0) is 48.6 Å². The second-order valence-electron chi connectivity index (χ2n) is 5.38. The average Bonchev–Trinajstić information content (AvgIpc) is 2.45. The van der Waals surface area contributed by atoms with Gasteiger partial charge in [-0.1, -0.05) is 41.4 Å². The van der Waals surface area contributed by atoms with Crippen LogP contribution in [0.5, 0.6) is 5.75 Å². The Morgan fingerprint density at radius 2 is 1.71 bits per heavy atom. The van der Waals surface area contributed by atoms with Gasteiger partial charge in [0.15, 0.2) is 0 Å². The van der Waals surface area contributed by atoms with Gasteiger partial charge >= 0.3 is 0 Å². The van der Waals surface area contributed by atoms with Crippen molar-refractivity contribution in [1.29, 1.82) is 0 Å². The Balaban J connectivity index is 1.63. The van der Waals surface area contributed by atoms with Crippen LogP contribution in [0.3, 0.4) is 0 Å². The molecule has 1 saturated carbocycles. The first-order chi connectivity index (χ1) is 10.2. The van der Waals surface area contributed by atoms with Crippen LogP contribution < -0.4 is 10.1 Å². The van der Waals surface area contributed by atoms with Crippen molar-refractivity contribution in [2.45, 2.75) is 24.8 Å². The lowest BCUT2D eigenvalue weighted by Crippen LogP contribution is -2.34. The molecule has 1 fully saturated rings. The fourth-order valence-electron chi connectivity index (χ4n) is 2.74. The highest BCUT2D eigenvalue weighted by Gasteiger charge is 2.31. The van der Waals surface area contributed by atoms with Crippen LogP contribution >= 0.6 is 23.2 Å². The van der Waals surface area contributed by atoms with Crippen molar-refractivity contribution in [3.05, 3.63) is 58.1 Å². The molecule has 0 atom stereocenters. The molecule has 110 valence electrons. The molecule has 3 rings (SSSR count). The Bertz CT molecular complexity index is 618. The summed E-state index contributed by atoms with van der Waals surface area (Å²) in [5.41, 5.74) is 2.17. The van der Waals surface area contributed by atoms with Gasteiger partial charge in [0.05, 0.1) is 22.8 Å². The highest BCUT2D eigenvalue weighted by molar-refractivity contribution is 6.39. The maximum Gasteiger partial charge on any atom is 0.119 e. The van der Waals surface area contributed by atoms with Crippen molar-refractivity contribution < 1.29 is 4.74 Å². The van der Waals surface area contributed by atoms with Crippen molar-refractivity contribution in [3.63, 3.8) is 0 Å². The SMILES string of the molecule is COc1cccc(C2CC(Nc3c(Cl)cccc3Cl)C2)c1. The molecule has 2 nitrogen and oxygen atoms in total. The minimum atomic E-state index is 0.415. The summed E-state index contributed by atoms with van der Waals surface area (Å²) in [5, 5.41) is 4.80. The first kappa shape index (κ1) is 14.6. The third-order valence-electron chi connectivity index (χ3n) is 4.01. The van der Waals surface area contributed by atoms with Gasteiger partial charge in [-0.2, -0.15) is 0 Å². The Morgan fingerprint density at radius 3 is 2.38 bits per heavy atom. The maximum atomic E-state index is 6.18. The van der Waals surface area contributed by atoms with Crippen LogP contribution in [-0.4, -0.2) is 13.2 Å².